The van der Waals surface area contributed by atoms with E-state index in [2.05, 4.69) is 62.9 Å². The van der Waals surface area contributed by atoms with Gasteiger partial charge in [-0.15, -0.1) is 0 Å². The van der Waals surface area contributed by atoms with Crippen molar-refractivity contribution in [1.82, 2.24) is 0 Å². The normalized spacial score (nSPS) is 11.9. The number of benzene rings is 4. The van der Waals surface area contributed by atoms with Gasteiger partial charge in [0, 0.05) is 33.8 Å². The van der Waals surface area contributed by atoms with E-state index in [1.54, 1.807) is 54.6 Å². The van der Waals surface area contributed by atoms with Gasteiger partial charge in [0.2, 0.25) is 0 Å². The van der Waals surface area contributed by atoms with Gasteiger partial charge in [-0.3, -0.25) is 0 Å². The lowest BCUT2D eigenvalue weighted by Crippen LogP contribution is -2.23. The summed E-state index contributed by atoms with van der Waals surface area (Å²) >= 11 is 6.76. The Morgan fingerprint density at radius 1 is 0.784 bits per heavy atom. The minimum Gasteiger partial charge on any atom is -0.419 e. The van der Waals surface area contributed by atoms with Crippen molar-refractivity contribution < 1.29 is 19.1 Å². The molecule has 0 spiro atoms. The number of nitrogens with zero attached hydrogens (tertiary/aromatic N) is 1. The lowest BCUT2D eigenvalue weighted by molar-refractivity contribution is 0.0682. The molecule has 4 aromatic rings. The van der Waals surface area contributed by atoms with Crippen molar-refractivity contribution in [2.24, 2.45) is 0 Å². The predicted octanol–water partition coefficient (Wildman–Crippen LogP) is 7.83. The number of para-hydroxylation sites is 1. The molecule has 0 fully saturated rings. The second-order valence-corrected chi connectivity index (χ2v) is 10.6. The van der Waals surface area contributed by atoms with E-state index in [1.807, 2.05) is 12.1 Å². The van der Waals surface area contributed by atoms with E-state index in [9.17, 15) is 9.59 Å². The first-order chi connectivity index (χ1) is 17.8. The summed E-state index contributed by atoms with van der Waals surface area (Å²) in [5.74, 6) is -0.690. The maximum atomic E-state index is 13.0. The standard InChI is InChI=1S/C30H23Br2NO4/c1-3-18-5-4-6-24-25-16-27(37-30(35)20-9-13-23(32)14-10-20)26(15-21(25)17-33(2)28(18)24)36-29(34)19-7-11-22(31)12-8-19/h4-16H,3,17H2,1-2H3. The molecule has 0 saturated carbocycles. The van der Waals surface area contributed by atoms with Crippen LogP contribution in [0.5, 0.6) is 11.5 Å². The van der Waals surface area contributed by atoms with E-state index in [1.165, 1.54) is 5.56 Å². The number of anilines is 1. The minimum atomic E-state index is -0.538. The summed E-state index contributed by atoms with van der Waals surface area (Å²) < 4.78 is 13.4. The lowest BCUT2D eigenvalue weighted by Gasteiger charge is -2.32. The molecule has 5 nitrogen and oxygen atoms in total. The molecule has 0 saturated heterocycles. The molecular formula is C30H23Br2NO4. The predicted molar refractivity (Wildman–Crippen MR) is 152 cm³/mol. The SMILES string of the molecule is CCc1cccc2c1N(C)Cc1cc(OC(=O)c3ccc(Br)cc3)c(OC(=O)c3ccc(Br)cc3)cc1-2. The van der Waals surface area contributed by atoms with Gasteiger partial charge in [0.15, 0.2) is 11.5 Å². The number of rotatable bonds is 5. The van der Waals surface area contributed by atoms with Crippen LogP contribution < -0.4 is 14.4 Å². The van der Waals surface area contributed by atoms with Crippen LogP contribution in [-0.2, 0) is 13.0 Å². The second kappa shape index (κ2) is 10.5. The van der Waals surface area contributed by atoms with Gasteiger partial charge >= 0.3 is 11.9 Å². The van der Waals surface area contributed by atoms with Crippen LogP contribution in [0, 0.1) is 0 Å². The van der Waals surface area contributed by atoms with E-state index in [0.717, 1.165) is 37.7 Å². The summed E-state index contributed by atoms with van der Waals surface area (Å²) in [5, 5.41) is 0. The van der Waals surface area contributed by atoms with Crippen molar-refractivity contribution in [2.75, 3.05) is 11.9 Å². The summed E-state index contributed by atoms with van der Waals surface area (Å²) in [7, 11) is 2.05. The molecule has 7 heteroatoms. The Bertz CT molecular complexity index is 1500. The van der Waals surface area contributed by atoms with Gasteiger partial charge in [0.25, 0.3) is 0 Å². The second-order valence-electron chi connectivity index (χ2n) is 8.77. The third-order valence-electron chi connectivity index (χ3n) is 6.31. The Morgan fingerprint density at radius 2 is 1.32 bits per heavy atom. The zero-order chi connectivity index (χ0) is 26.1. The molecule has 0 amide bonds. The van der Waals surface area contributed by atoms with Crippen molar-refractivity contribution in [1.29, 1.82) is 0 Å². The molecule has 1 aliphatic rings. The first kappa shape index (κ1) is 25.2. The number of hydrogen-bond acceptors (Lipinski definition) is 5. The Morgan fingerprint density at radius 3 is 1.86 bits per heavy atom. The van der Waals surface area contributed by atoms with Crippen LogP contribution in [0.1, 0.15) is 38.8 Å². The maximum Gasteiger partial charge on any atom is 0.343 e. The summed E-state index contributed by atoms with van der Waals surface area (Å²) in [5.41, 5.74) is 6.15. The molecule has 0 atom stereocenters. The van der Waals surface area contributed by atoms with Crippen LogP contribution in [0.15, 0.2) is 87.8 Å². The van der Waals surface area contributed by atoms with Crippen LogP contribution in [-0.4, -0.2) is 19.0 Å². The number of esters is 2. The van der Waals surface area contributed by atoms with Crippen molar-refractivity contribution in [2.45, 2.75) is 19.9 Å². The molecule has 0 aromatic heterocycles. The monoisotopic (exact) mass is 619 g/mol. The topological polar surface area (TPSA) is 55.8 Å². The summed E-state index contributed by atoms with van der Waals surface area (Å²) in [6.07, 6.45) is 0.900. The highest BCUT2D eigenvalue weighted by molar-refractivity contribution is 9.10. The van der Waals surface area contributed by atoms with Gasteiger partial charge in [0.05, 0.1) is 11.1 Å². The molecule has 186 valence electrons. The molecule has 0 radical (unpaired) electrons. The van der Waals surface area contributed by atoms with E-state index in [4.69, 9.17) is 9.47 Å². The fourth-order valence-corrected chi connectivity index (χ4v) is 5.04. The Hall–Kier alpha value is -3.42. The number of aryl methyl sites for hydroxylation is 1. The Kier molecular flexibility index (Phi) is 7.17. The van der Waals surface area contributed by atoms with Crippen LogP contribution in [0.25, 0.3) is 11.1 Å². The Labute approximate surface area is 232 Å². The van der Waals surface area contributed by atoms with E-state index < -0.39 is 11.9 Å². The number of hydrogen-bond donors (Lipinski definition) is 0. The number of fused-ring (bicyclic) bond motifs is 3. The molecule has 4 aromatic carbocycles. The van der Waals surface area contributed by atoms with Crippen molar-refractivity contribution in [3.05, 3.63) is 110 Å². The molecule has 0 N–H and O–H groups in total. The zero-order valence-corrected chi connectivity index (χ0v) is 23.4. The maximum absolute atomic E-state index is 13.0. The quantitative estimate of drug-likeness (QED) is 0.168. The molecule has 5 rings (SSSR count). The molecule has 37 heavy (non-hydrogen) atoms. The number of ether oxygens (including phenoxy) is 2. The molecule has 1 aliphatic heterocycles. The van der Waals surface area contributed by atoms with Crippen molar-refractivity contribution in [3.8, 4) is 22.6 Å². The van der Waals surface area contributed by atoms with E-state index in [0.29, 0.717) is 17.7 Å². The fourth-order valence-electron chi connectivity index (χ4n) is 4.51. The highest BCUT2D eigenvalue weighted by Crippen LogP contribution is 2.45. The van der Waals surface area contributed by atoms with Gasteiger partial charge in [0.1, 0.15) is 0 Å². The smallest absolute Gasteiger partial charge is 0.343 e. The minimum absolute atomic E-state index is 0.189. The van der Waals surface area contributed by atoms with Gasteiger partial charge in [-0.1, -0.05) is 57.0 Å². The highest BCUT2D eigenvalue weighted by atomic mass is 79.9. The largest absolute Gasteiger partial charge is 0.419 e. The van der Waals surface area contributed by atoms with E-state index >= 15 is 0 Å². The van der Waals surface area contributed by atoms with Gasteiger partial charge in [-0.2, -0.15) is 0 Å². The fraction of sp³-hybridized carbons (Fsp3) is 0.133. The summed E-state index contributed by atoms with van der Waals surface area (Å²) in [6, 6.07) is 23.6. The molecule has 1 heterocycles. The van der Waals surface area contributed by atoms with Gasteiger partial charge < -0.3 is 14.4 Å². The van der Waals surface area contributed by atoms with E-state index in [-0.39, 0.29) is 11.5 Å². The van der Waals surface area contributed by atoms with Gasteiger partial charge in [-0.05, 0) is 83.8 Å². The first-order valence-corrected chi connectivity index (χ1v) is 13.4. The van der Waals surface area contributed by atoms with Crippen LogP contribution >= 0.6 is 31.9 Å². The highest BCUT2D eigenvalue weighted by Gasteiger charge is 2.26. The summed E-state index contributed by atoms with van der Waals surface area (Å²) in [4.78, 5) is 28.2. The van der Waals surface area contributed by atoms with Crippen LogP contribution in [0.2, 0.25) is 0 Å². The lowest BCUT2D eigenvalue weighted by atomic mass is 9.90. The van der Waals surface area contributed by atoms with Crippen LogP contribution in [0.4, 0.5) is 5.69 Å². The number of halogens is 2. The van der Waals surface area contributed by atoms with Crippen molar-refractivity contribution >= 4 is 49.5 Å². The zero-order valence-electron chi connectivity index (χ0n) is 20.3. The van der Waals surface area contributed by atoms with Crippen LogP contribution in [0.3, 0.4) is 0 Å². The van der Waals surface area contributed by atoms with Gasteiger partial charge in [-0.25, -0.2) is 9.59 Å². The average molecular weight is 621 g/mol. The number of carbonyl (C=O) groups is 2. The third-order valence-corrected chi connectivity index (χ3v) is 7.37. The molecular weight excluding hydrogens is 598 g/mol. The Balaban J connectivity index is 1.58. The third kappa shape index (κ3) is 5.20. The van der Waals surface area contributed by atoms with Crippen molar-refractivity contribution in [3.63, 3.8) is 0 Å². The number of carbonyl (C=O) groups excluding carboxylic acids is 2. The molecule has 0 unspecified atom stereocenters. The first-order valence-electron chi connectivity index (χ1n) is 11.8. The summed E-state index contributed by atoms with van der Waals surface area (Å²) in [6.45, 7) is 2.76. The molecule has 0 bridgehead atoms. The molecule has 0 aliphatic carbocycles. The average Bonchev–Trinajstić information content (AvgIpc) is 2.89.